The fourth-order valence-corrected chi connectivity index (χ4v) is 0.928. The Labute approximate surface area is 89.7 Å². The molecular formula is C9H9FN2O4. The first-order valence-corrected chi connectivity index (χ1v) is 4.30. The number of aliphatic carboxylic acids is 1. The number of amides is 1. The van der Waals surface area contributed by atoms with Crippen molar-refractivity contribution in [3.05, 3.63) is 29.8 Å². The second-order valence-electron chi connectivity index (χ2n) is 2.91. The predicted molar refractivity (Wildman–Crippen MR) is 50.2 cm³/mol. The summed E-state index contributed by atoms with van der Waals surface area (Å²) in [6.07, 6.45) is 0.837. The molecular weight excluding hydrogens is 219 g/mol. The van der Waals surface area contributed by atoms with Gasteiger partial charge in [0.05, 0.1) is 12.8 Å². The number of aliphatic hydroxyl groups excluding tert-OH is 1. The molecule has 1 aromatic heterocycles. The number of aromatic nitrogens is 1. The first-order valence-electron chi connectivity index (χ1n) is 4.30. The van der Waals surface area contributed by atoms with Crippen LogP contribution in [0.25, 0.3) is 0 Å². The summed E-state index contributed by atoms with van der Waals surface area (Å²) in [5.74, 6) is -2.76. The molecule has 1 atom stereocenters. The Kier molecular flexibility index (Phi) is 3.90. The third-order valence-corrected chi connectivity index (χ3v) is 1.75. The van der Waals surface area contributed by atoms with E-state index in [1.165, 1.54) is 0 Å². The molecule has 0 saturated carbocycles. The number of carbonyl (C=O) groups is 2. The smallest absolute Gasteiger partial charge is 0.328 e. The van der Waals surface area contributed by atoms with Gasteiger partial charge in [-0.15, -0.1) is 0 Å². The normalized spacial score (nSPS) is 11.9. The quantitative estimate of drug-likeness (QED) is 0.638. The molecule has 7 heteroatoms. The third kappa shape index (κ3) is 2.99. The van der Waals surface area contributed by atoms with Crippen LogP contribution in [0.15, 0.2) is 18.3 Å². The third-order valence-electron chi connectivity index (χ3n) is 1.75. The summed E-state index contributed by atoms with van der Waals surface area (Å²) in [6, 6.07) is 0.733. The maximum absolute atomic E-state index is 12.5. The molecule has 16 heavy (non-hydrogen) atoms. The number of halogens is 1. The van der Waals surface area contributed by atoms with Gasteiger partial charge in [-0.3, -0.25) is 4.79 Å². The first kappa shape index (κ1) is 12.1. The first-order chi connectivity index (χ1) is 7.54. The van der Waals surface area contributed by atoms with Gasteiger partial charge in [0.2, 0.25) is 0 Å². The summed E-state index contributed by atoms with van der Waals surface area (Å²) >= 11 is 0. The lowest BCUT2D eigenvalue weighted by atomic mass is 10.3. The minimum absolute atomic E-state index is 0.124. The van der Waals surface area contributed by atoms with Crippen molar-refractivity contribution in [3.8, 4) is 0 Å². The van der Waals surface area contributed by atoms with E-state index in [-0.39, 0.29) is 5.69 Å². The number of carbonyl (C=O) groups excluding carboxylic acids is 1. The van der Waals surface area contributed by atoms with Crippen LogP contribution in [0.5, 0.6) is 0 Å². The van der Waals surface area contributed by atoms with Crippen molar-refractivity contribution in [1.29, 1.82) is 0 Å². The maximum atomic E-state index is 12.5. The zero-order chi connectivity index (χ0) is 12.1. The van der Waals surface area contributed by atoms with E-state index in [1.807, 2.05) is 5.32 Å². The van der Waals surface area contributed by atoms with E-state index in [0.717, 1.165) is 18.3 Å². The van der Waals surface area contributed by atoms with Crippen LogP contribution in [0.4, 0.5) is 4.39 Å². The Balaban J connectivity index is 2.71. The Bertz CT molecular complexity index is 393. The second kappa shape index (κ2) is 5.17. The van der Waals surface area contributed by atoms with Gasteiger partial charge in [0, 0.05) is 0 Å². The molecule has 0 aliphatic heterocycles. The lowest BCUT2D eigenvalue weighted by Crippen LogP contribution is -2.43. The predicted octanol–water partition coefficient (Wildman–Crippen LogP) is -0.604. The molecule has 0 fully saturated rings. The van der Waals surface area contributed by atoms with Crippen LogP contribution in [0, 0.1) is 5.82 Å². The van der Waals surface area contributed by atoms with Crippen LogP contribution in [-0.4, -0.2) is 39.7 Å². The van der Waals surface area contributed by atoms with Crippen LogP contribution in [0.1, 0.15) is 10.5 Å². The number of aliphatic hydroxyl groups is 1. The Morgan fingerprint density at radius 3 is 2.62 bits per heavy atom. The van der Waals surface area contributed by atoms with E-state index in [2.05, 4.69) is 4.98 Å². The zero-order valence-electron chi connectivity index (χ0n) is 8.05. The van der Waals surface area contributed by atoms with E-state index in [9.17, 15) is 14.0 Å². The van der Waals surface area contributed by atoms with Gasteiger partial charge in [-0.05, 0) is 12.1 Å². The highest BCUT2D eigenvalue weighted by molar-refractivity contribution is 5.94. The summed E-state index contributed by atoms with van der Waals surface area (Å²) in [7, 11) is 0. The van der Waals surface area contributed by atoms with E-state index < -0.39 is 30.3 Å². The van der Waals surface area contributed by atoms with Crippen molar-refractivity contribution >= 4 is 11.9 Å². The maximum Gasteiger partial charge on any atom is 0.328 e. The minimum Gasteiger partial charge on any atom is -0.480 e. The molecule has 0 saturated heterocycles. The average Bonchev–Trinajstić information content (AvgIpc) is 2.26. The van der Waals surface area contributed by atoms with Crippen molar-refractivity contribution in [2.24, 2.45) is 0 Å². The number of hydrogen-bond acceptors (Lipinski definition) is 4. The fourth-order valence-electron chi connectivity index (χ4n) is 0.928. The van der Waals surface area contributed by atoms with Gasteiger partial charge in [0.25, 0.3) is 5.91 Å². The topological polar surface area (TPSA) is 99.5 Å². The summed E-state index contributed by atoms with van der Waals surface area (Å²) in [5.41, 5.74) is -0.124. The molecule has 0 unspecified atom stereocenters. The molecule has 1 aromatic rings. The molecule has 3 N–H and O–H groups in total. The Morgan fingerprint density at radius 1 is 1.50 bits per heavy atom. The van der Waals surface area contributed by atoms with Gasteiger partial charge in [-0.25, -0.2) is 14.2 Å². The summed E-state index contributed by atoms with van der Waals surface area (Å²) in [6.45, 7) is -0.734. The summed E-state index contributed by atoms with van der Waals surface area (Å²) in [5, 5.41) is 19.2. The molecule has 1 rings (SSSR count). The van der Waals surface area contributed by atoms with Crippen molar-refractivity contribution in [3.63, 3.8) is 0 Å². The molecule has 1 heterocycles. The van der Waals surface area contributed by atoms with Crippen molar-refractivity contribution in [2.45, 2.75) is 6.04 Å². The van der Waals surface area contributed by atoms with E-state index >= 15 is 0 Å². The van der Waals surface area contributed by atoms with Gasteiger partial charge < -0.3 is 15.5 Å². The van der Waals surface area contributed by atoms with Gasteiger partial charge in [-0.1, -0.05) is 0 Å². The molecule has 0 spiro atoms. The standard InChI is InChI=1S/C9H9FN2O4/c10-5-1-2-6(11-3-5)8(14)12-7(4-13)9(15)16/h1-3,7,13H,4H2,(H,12,14)(H,15,16)/t7-/m1/s1. The minimum atomic E-state index is -1.40. The Morgan fingerprint density at radius 2 is 2.19 bits per heavy atom. The highest BCUT2D eigenvalue weighted by Crippen LogP contribution is 1.98. The largest absolute Gasteiger partial charge is 0.480 e. The average molecular weight is 228 g/mol. The molecule has 0 radical (unpaired) electrons. The van der Waals surface area contributed by atoms with Crippen LogP contribution >= 0.6 is 0 Å². The molecule has 86 valence electrons. The summed E-state index contributed by atoms with van der Waals surface area (Å²) in [4.78, 5) is 25.3. The van der Waals surface area contributed by atoms with Crippen molar-refractivity contribution in [2.75, 3.05) is 6.61 Å². The fraction of sp³-hybridized carbons (Fsp3) is 0.222. The molecule has 0 aliphatic rings. The second-order valence-corrected chi connectivity index (χ2v) is 2.91. The van der Waals surface area contributed by atoms with Crippen LogP contribution in [0.3, 0.4) is 0 Å². The molecule has 6 nitrogen and oxygen atoms in total. The van der Waals surface area contributed by atoms with E-state index in [1.54, 1.807) is 0 Å². The van der Waals surface area contributed by atoms with Gasteiger partial charge in [0.1, 0.15) is 11.5 Å². The molecule has 0 aromatic carbocycles. The SMILES string of the molecule is O=C(N[C@H](CO)C(=O)O)c1ccc(F)cn1. The number of carboxylic acids is 1. The number of pyridine rings is 1. The lowest BCUT2D eigenvalue weighted by molar-refractivity contribution is -0.140. The van der Waals surface area contributed by atoms with Crippen LogP contribution in [0.2, 0.25) is 0 Å². The highest BCUT2D eigenvalue weighted by atomic mass is 19.1. The number of nitrogens with zero attached hydrogens (tertiary/aromatic N) is 1. The molecule has 0 aliphatic carbocycles. The number of carboxylic acid groups (broad SMARTS) is 1. The highest BCUT2D eigenvalue weighted by Gasteiger charge is 2.19. The van der Waals surface area contributed by atoms with Gasteiger partial charge in [0.15, 0.2) is 6.04 Å². The number of hydrogen-bond donors (Lipinski definition) is 3. The Hall–Kier alpha value is -2.02. The van der Waals surface area contributed by atoms with Gasteiger partial charge >= 0.3 is 5.97 Å². The number of nitrogens with one attached hydrogen (secondary N) is 1. The van der Waals surface area contributed by atoms with Crippen molar-refractivity contribution < 1.29 is 24.2 Å². The van der Waals surface area contributed by atoms with Crippen LogP contribution in [-0.2, 0) is 4.79 Å². The van der Waals surface area contributed by atoms with Crippen molar-refractivity contribution in [1.82, 2.24) is 10.3 Å². The van der Waals surface area contributed by atoms with Gasteiger partial charge in [-0.2, -0.15) is 0 Å². The molecule has 0 bridgehead atoms. The number of rotatable bonds is 4. The monoisotopic (exact) mass is 228 g/mol. The summed E-state index contributed by atoms with van der Waals surface area (Å²) < 4.78 is 12.5. The zero-order valence-corrected chi connectivity index (χ0v) is 8.05. The molecule has 1 amide bonds. The van der Waals surface area contributed by atoms with E-state index in [4.69, 9.17) is 10.2 Å². The van der Waals surface area contributed by atoms with E-state index in [0.29, 0.717) is 0 Å². The lowest BCUT2D eigenvalue weighted by Gasteiger charge is -2.10. The van der Waals surface area contributed by atoms with Crippen LogP contribution < -0.4 is 5.32 Å².